The Morgan fingerprint density at radius 3 is 2.94 bits per heavy atom. The molecule has 0 unspecified atom stereocenters. The van der Waals surface area contributed by atoms with Crippen LogP contribution in [0.4, 0.5) is 17.5 Å². The maximum Gasteiger partial charge on any atom is 0.328 e. The smallest absolute Gasteiger partial charge is 0.328 e. The number of carboxylic acids is 1. The molecule has 2 heterocycles. The first kappa shape index (κ1) is 10.9. The lowest BCUT2D eigenvalue weighted by Gasteiger charge is -2.30. The summed E-state index contributed by atoms with van der Waals surface area (Å²) in [6.07, 6.45) is 0.283. The predicted octanol–water partition coefficient (Wildman–Crippen LogP) is -1.81. The first-order valence-electron chi connectivity index (χ1n) is 4.64. The third kappa shape index (κ3) is 1.67. The van der Waals surface area contributed by atoms with E-state index in [2.05, 4.69) is 15.3 Å². The number of anilines is 3. The molecule has 0 saturated heterocycles. The molecule has 1 aromatic rings. The van der Waals surface area contributed by atoms with Gasteiger partial charge >= 0.3 is 5.97 Å². The molecular formula is C8H9N5O4. The van der Waals surface area contributed by atoms with Gasteiger partial charge in [-0.3, -0.25) is 19.5 Å². The van der Waals surface area contributed by atoms with Crippen LogP contribution in [0, 0.1) is 0 Å². The Bertz CT molecular complexity index is 539. The second-order valence-corrected chi connectivity index (χ2v) is 3.40. The quantitative estimate of drug-likeness (QED) is 0.446. The van der Waals surface area contributed by atoms with Gasteiger partial charge in [-0.25, -0.2) is 4.79 Å². The zero-order chi connectivity index (χ0) is 12.6. The molecule has 0 bridgehead atoms. The van der Waals surface area contributed by atoms with Crippen LogP contribution in [0.1, 0.15) is 0 Å². The lowest BCUT2D eigenvalue weighted by atomic mass is 10.2. The largest absolute Gasteiger partial charge is 0.480 e. The Morgan fingerprint density at radius 1 is 1.65 bits per heavy atom. The fourth-order valence-corrected chi connectivity index (χ4v) is 1.63. The Balaban J connectivity index is 2.59. The summed E-state index contributed by atoms with van der Waals surface area (Å²) in [6.45, 7) is -0.0447. The number of aliphatic carboxylic acids is 1. The number of nitrogen functional groups attached to an aromatic ring is 1. The fourth-order valence-electron chi connectivity index (χ4n) is 1.63. The van der Waals surface area contributed by atoms with E-state index in [-0.39, 0.29) is 30.4 Å². The second kappa shape index (κ2) is 3.77. The first-order chi connectivity index (χ1) is 8.04. The van der Waals surface area contributed by atoms with Crippen LogP contribution in [0.3, 0.4) is 0 Å². The minimum atomic E-state index is -1.22. The van der Waals surface area contributed by atoms with Crippen molar-refractivity contribution in [2.24, 2.45) is 0 Å². The van der Waals surface area contributed by atoms with Crippen molar-refractivity contribution in [1.82, 2.24) is 9.97 Å². The van der Waals surface area contributed by atoms with Crippen LogP contribution in [0.15, 0.2) is 4.79 Å². The highest BCUT2D eigenvalue weighted by Crippen LogP contribution is 2.24. The molecule has 1 atom stereocenters. The molecule has 5 N–H and O–H groups in total. The van der Waals surface area contributed by atoms with Crippen LogP contribution < -0.4 is 21.5 Å². The maximum atomic E-state index is 11.6. The number of fused-ring (bicyclic) bond motifs is 1. The van der Waals surface area contributed by atoms with Crippen molar-refractivity contribution < 1.29 is 14.7 Å². The van der Waals surface area contributed by atoms with Gasteiger partial charge in [-0.15, -0.1) is 0 Å². The Morgan fingerprint density at radius 2 is 2.35 bits per heavy atom. The summed E-state index contributed by atoms with van der Waals surface area (Å²) in [5.74, 6) is -1.23. The topological polar surface area (TPSA) is 141 Å². The number of nitrogens with one attached hydrogen (secondary N) is 2. The van der Waals surface area contributed by atoms with Crippen LogP contribution in [0.25, 0.3) is 0 Å². The van der Waals surface area contributed by atoms with E-state index < -0.39 is 17.6 Å². The molecule has 1 aliphatic heterocycles. The highest BCUT2D eigenvalue weighted by Gasteiger charge is 2.34. The van der Waals surface area contributed by atoms with E-state index in [4.69, 9.17) is 10.8 Å². The minimum absolute atomic E-state index is 0.0447. The molecule has 0 aliphatic carbocycles. The molecule has 0 spiro atoms. The number of carbonyl (C=O) groups is 2. The molecule has 0 fully saturated rings. The molecule has 1 aromatic heterocycles. The summed E-state index contributed by atoms with van der Waals surface area (Å²) in [5, 5.41) is 11.6. The third-order valence-electron chi connectivity index (χ3n) is 2.37. The second-order valence-electron chi connectivity index (χ2n) is 3.40. The van der Waals surface area contributed by atoms with Gasteiger partial charge in [-0.2, -0.15) is 4.98 Å². The first-order valence-corrected chi connectivity index (χ1v) is 4.64. The van der Waals surface area contributed by atoms with Crippen molar-refractivity contribution in [3.05, 3.63) is 10.4 Å². The number of nitrogens with two attached hydrogens (primary N) is 1. The Labute approximate surface area is 94.3 Å². The Hall–Kier alpha value is -2.58. The summed E-state index contributed by atoms with van der Waals surface area (Å²) in [5.41, 5.74) is 4.52. The summed E-state index contributed by atoms with van der Waals surface area (Å²) in [7, 11) is 0. The van der Waals surface area contributed by atoms with Gasteiger partial charge in [0.1, 0.15) is 0 Å². The van der Waals surface area contributed by atoms with Gasteiger partial charge in [0.15, 0.2) is 17.5 Å². The molecule has 9 nitrogen and oxygen atoms in total. The summed E-state index contributed by atoms with van der Waals surface area (Å²) in [4.78, 5) is 40.2. The van der Waals surface area contributed by atoms with Crippen LogP contribution in [-0.2, 0) is 9.59 Å². The summed E-state index contributed by atoms with van der Waals surface area (Å²) in [6, 6.07) is -1.15. The van der Waals surface area contributed by atoms with E-state index in [1.165, 1.54) is 0 Å². The number of H-pyrrole nitrogens is 1. The minimum Gasteiger partial charge on any atom is -0.480 e. The van der Waals surface area contributed by atoms with Crippen molar-refractivity contribution in [2.75, 3.05) is 22.5 Å². The van der Waals surface area contributed by atoms with Gasteiger partial charge < -0.3 is 16.2 Å². The SMILES string of the molecule is Nc1nc2c(c(=O)[nH]1)N(C=O)[C@H](C(=O)O)CN2. The standard InChI is InChI=1S/C8H9N5O4/c9-8-11-5-4(6(15)12-8)13(2-14)3(1-10-5)7(16)17/h2-3H,1H2,(H,16,17)(H4,9,10,11,12,15)/t3-/m0/s1. The highest BCUT2D eigenvalue weighted by atomic mass is 16.4. The van der Waals surface area contributed by atoms with E-state index in [1.807, 2.05) is 0 Å². The van der Waals surface area contributed by atoms with Gasteiger partial charge in [-0.1, -0.05) is 0 Å². The van der Waals surface area contributed by atoms with Crippen LogP contribution in [0.2, 0.25) is 0 Å². The zero-order valence-corrected chi connectivity index (χ0v) is 8.51. The number of amides is 1. The highest BCUT2D eigenvalue weighted by molar-refractivity contribution is 5.93. The van der Waals surface area contributed by atoms with E-state index in [1.54, 1.807) is 0 Å². The Kier molecular flexibility index (Phi) is 2.42. The van der Waals surface area contributed by atoms with Crippen LogP contribution in [-0.4, -0.2) is 40.0 Å². The third-order valence-corrected chi connectivity index (χ3v) is 2.37. The average molecular weight is 239 g/mol. The van der Waals surface area contributed by atoms with Gasteiger partial charge in [0.2, 0.25) is 12.4 Å². The number of aromatic amines is 1. The van der Waals surface area contributed by atoms with Crippen LogP contribution in [0.5, 0.6) is 0 Å². The van der Waals surface area contributed by atoms with Crippen molar-refractivity contribution in [2.45, 2.75) is 6.04 Å². The van der Waals surface area contributed by atoms with Crippen molar-refractivity contribution in [3.63, 3.8) is 0 Å². The molecule has 1 aliphatic rings. The lowest BCUT2D eigenvalue weighted by Crippen LogP contribution is -2.50. The number of hydrogen-bond donors (Lipinski definition) is 4. The van der Waals surface area contributed by atoms with E-state index in [0.717, 1.165) is 4.90 Å². The predicted molar refractivity (Wildman–Crippen MR) is 57.7 cm³/mol. The number of carboxylic acid groups (broad SMARTS) is 1. The average Bonchev–Trinajstić information content (AvgIpc) is 2.26. The van der Waals surface area contributed by atoms with E-state index >= 15 is 0 Å². The number of aromatic nitrogens is 2. The molecule has 1 amide bonds. The molecule has 0 aromatic carbocycles. The number of nitrogens with zero attached hydrogens (tertiary/aromatic N) is 2. The molecular weight excluding hydrogens is 230 g/mol. The van der Waals surface area contributed by atoms with Crippen LogP contribution >= 0.6 is 0 Å². The van der Waals surface area contributed by atoms with Crippen molar-refractivity contribution in [3.8, 4) is 0 Å². The lowest BCUT2D eigenvalue weighted by molar-refractivity contribution is -0.139. The van der Waals surface area contributed by atoms with Gasteiger partial charge in [0.05, 0.1) is 0 Å². The molecule has 0 radical (unpaired) electrons. The van der Waals surface area contributed by atoms with Crippen molar-refractivity contribution >= 4 is 29.8 Å². The van der Waals surface area contributed by atoms with Gasteiger partial charge in [0.25, 0.3) is 5.56 Å². The normalized spacial score (nSPS) is 18.1. The summed E-state index contributed by atoms with van der Waals surface area (Å²) < 4.78 is 0. The fraction of sp³-hybridized carbons (Fsp3) is 0.250. The number of hydrogen-bond acceptors (Lipinski definition) is 6. The van der Waals surface area contributed by atoms with E-state index in [0.29, 0.717) is 0 Å². The number of carbonyl (C=O) groups excluding carboxylic acids is 1. The zero-order valence-electron chi connectivity index (χ0n) is 8.51. The molecule has 17 heavy (non-hydrogen) atoms. The summed E-state index contributed by atoms with van der Waals surface area (Å²) >= 11 is 0. The number of rotatable bonds is 2. The molecule has 2 rings (SSSR count). The van der Waals surface area contributed by atoms with E-state index in [9.17, 15) is 14.4 Å². The molecule has 9 heteroatoms. The monoisotopic (exact) mass is 239 g/mol. The molecule has 90 valence electrons. The van der Waals surface area contributed by atoms with Gasteiger partial charge in [0, 0.05) is 6.54 Å². The molecule has 0 saturated carbocycles. The maximum absolute atomic E-state index is 11.6. The van der Waals surface area contributed by atoms with Gasteiger partial charge in [-0.05, 0) is 0 Å². The van der Waals surface area contributed by atoms with Crippen molar-refractivity contribution in [1.29, 1.82) is 0 Å².